The van der Waals surface area contributed by atoms with Crippen LogP contribution in [0.3, 0.4) is 0 Å². The molecule has 8 heteroatoms. The number of hydrogen-bond acceptors (Lipinski definition) is 4. The number of nitrogens with zero attached hydrogens (tertiary/aromatic N) is 2. The van der Waals surface area contributed by atoms with Crippen LogP contribution in [0.2, 0.25) is 0 Å². The summed E-state index contributed by atoms with van der Waals surface area (Å²) in [4.78, 5) is 5.94. The number of aliphatic imine (C=N–C) groups is 1. The van der Waals surface area contributed by atoms with Crippen molar-refractivity contribution in [3.05, 3.63) is 37.4 Å². The maximum atomic E-state index is 5.32. The number of nitrogens with one attached hydrogen (secondary N) is 2. The number of halogens is 2. The van der Waals surface area contributed by atoms with Gasteiger partial charge in [0.05, 0.1) is 8.58 Å². The molecule has 2 N–H and O–H groups in total. The SMILES string of the molecule is CCNC(=NCc1cc(C(C)C)no1)NCCc1ccc(I)s1.I. The first kappa shape index (κ1) is 21.7. The minimum Gasteiger partial charge on any atom is -0.359 e. The van der Waals surface area contributed by atoms with Crippen molar-refractivity contribution in [1.82, 2.24) is 15.8 Å². The Labute approximate surface area is 178 Å². The molecule has 0 saturated heterocycles. The normalized spacial score (nSPS) is 11.5. The second kappa shape index (κ2) is 11.3. The number of guanidine groups is 1. The van der Waals surface area contributed by atoms with E-state index < -0.39 is 0 Å². The maximum Gasteiger partial charge on any atom is 0.191 e. The average molecular weight is 574 g/mol. The van der Waals surface area contributed by atoms with Gasteiger partial charge in [0.2, 0.25) is 0 Å². The molecule has 0 spiro atoms. The van der Waals surface area contributed by atoms with Gasteiger partial charge in [-0.25, -0.2) is 4.99 Å². The molecule has 0 fully saturated rings. The summed E-state index contributed by atoms with van der Waals surface area (Å²) in [6, 6.07) is 6.31. The molecule has 2 rings (SSSR count). The van der Waals surface area contributed by atoms with E-state index in [1.54, 1.807) is 0 Å². The maximum absolute atomic E-state index is 5.32. The zero-order valence-corrected chi connectivity index (χ0v) is 19.4. The fourth-order valence-corrected chi connectivity index (χ4v) is 3.72. The van der Waals surface area contributed by atoms with Gasteiger partial charge in [0.15, 0.2) is 11.7 Å². The third-order valence-electron chi connectivity index (χ3n) is 3.20. The predicted molar refractivity (Wildman–Crippen MR) is 120 cm³/mol. The summed E-state index contributed by atoms with van der Waals surface area (Å²) < 4.78 is 6.64. The molecule has 134 valence electrons. The molecule has 2 heterocycles. The van der Waals surface area contributed by atoms with E-state index >= 15 is 0 Å². The molecule has 0 radical (unpaired) electrons. The number of rotatable bonds is 7. The molecule has 0 aliphatic heterocycles. The molecule has 0 aromatic carbocycles. The lowest BCUT2D eigenvalue weighted by atomic mass is 10.1. The molecule has 2 aromatic rings. The van der Waals surface area contributed by atoms with Crippen molar-refractivity contribution in [2.24, 2.45) is 4.99 Å². The zero-order valence-electron chi connectivity index (χ0n) is 14.1. The monoisotopic (exact) mass is 574 g/mol. The molecule has 2 aromatic heterocycles. The Kier molecular flexibility index (Phi) is 10.2. The van der Waals surface area contributed by atoms with E-state index in [4.69, 9.17) is 4.52 Å². The summed E-state index contributed by atoms with van der Waals surface area (Å²) in [5, 5.41) is 10.7. The first-order chi connectivity index (χ1) is 11.1. The van der Waals surface area contributed by atoms with Gasteiger partial charge in [-0.05, 0) is 54.0 Å². The van der Waals surface area contributed by atoms with Crippen LogP contribution in [0.1, 0.15) is 43.0 Å². The van der Waals surface area contributed by atoms with Crippen LogP contribution in [0.15, 0.2) is 27.7 Å². The van der Waals surface area contributed by atoms with E-state index in [1.807, 2.05) is 17.4 Å². The molecule has 0 amide bonds. The van der Waals surface area contributed by atoms with Crippen LogP contribution in [0, 0.1) is 2.88 Å². The average Bonchev–Trinajstić information content (AvgIpc) is 3.14. The first-order valence-electron chi connectivity index (χ1n) is 7.80. The number of aromatic nitrogens is 1. The van der Waals surface area contributed by atoms with E-state index in [0.29, 0.717) is 12.5 Å². The topological polar surface area (TPSA) is 62.5 Å². The predicted octanol–water partition coefficient (Wildman–Crippen LogP) is 4.38. The van der Waals surface area contributed by atoms with Crippen molar-refractivity contribution >= 4 is 63.9 Å². The minimum atomic E-state index is 0. The van der Waals surface area contributed by atoms with Gasteiger partial charge in [0.1, 0.15) is 6.54 Å². The number of thiophene rings is 1. The fourth-order valence-electron chi connectivity index (χ4n) is 1.96. The molecular formula is C16H24I2N4OS. The molecular weight excluding hydrogens is 550 g/mol. The second-order valence-corrected chi connectivity index (χ2v) is 8.51. The van der Waals surface area contributed by atoms with Gasteiger partial charge in [0.25, 0.3) is 0 Å². The van der Waals surface area contributed by atoms with Crippen LogP contribution in [-0.4, -0.2) is 24.2 Å². The van der Waals surface area contributed by atoms with E-state index in [9.17, 15) is 0 Å². The van der Waals surface area contributed by atoms with Gasteiger partial charge >= 0.3 is 0 Å². The standard InChI is InChI=1S/C16H23IN4OS.HI/c1-4-18-16(19-8-7-13-5-6-15(17)23-13)20-10-12-9-14(11(2)3)21-22-12;/h5-6,9,11H,4,7-8,10H2,1-3H3,(H2,18,19,20);1H. The van der Waals surface area contributed by atoms with Gasteiger partial charge in [0, 0.05) is 24.0 Å². The molecule has 24 heavy (non-hydrogen) atoms. The van der Waals surface area contributed by atoms with E-state index in [0.717, 1.165) is 36.9 Å². The summed E-state index contributed by atoms with van der Waals surface area (Å²) in [5.74, 6) is 1.97. The molecule has 0 aliphatic rings. The highest BCUT2D eigenvalue weighted by Gasteiger charge is 2.07. The van der Waals surface area contributed by atoms with Gasteiger partial charge in [-0.1, -0.05) is 19.0 Å². The Morgan fingerprint density at radius 2 is 2.17 bits per heavy atom. The lowest BCUT2D eigenvalue weighted by molar-refractivity contribution is 0.376. The quantitative estimate of drug-likeness (QED) is 0.293. The fraction of sp³-hybridized carbons (Fsp3) is 0.500. The summed E-state index contributed by atoms with van der Waals surface area (Å²) in [7, 11) is 0. The van der Waals surface area contributed by atoms with Crippen molar-refractivity contribution < 1.29 is 4.52 Å². The largest absolute Gasteiger partial charge is 0.359 e. The highest BCUT2D eigenvalue weighted by atomic mass is 127. The first-order valence-corrected chi connectivity index (χ1v) is 9.70. The molecule has 0 bridgehead atoms. The third kappa shape index (κ3) is 7.26. The summed E-state index contributed by atoms with van der Waals surface area (Å²) >= 11 is 4.18. The van der Waals surface area contributed by atoms with E-state index in [1.165, 1.54) is 7.76 Å². The highest BCUT2D eigenvalue weighted by Crippen LogP contribution is 2.18. The van der Waals surface area contributed by atoms with Crippen LogP contribution in [0.4, 0.5) is 0 Å². The molecule has 0 atom stereocenters. The van der Waals surface area contributed by atoms with Crippen molar-refractivity contribution in [3.8, 4) is 0 Å². The Balaban J connectivity index is 0.00000288. The van der Waals surface area contributed by atoms with Crippen LogP contribution < -0.4 is 10.6 Å². The Hall–Kier alpha value is -0.360. The summed E-state index contributed by atoms with van der Waals surface area (Å²) in [6.07, 6.45) is 0.998. The highest BCUT2D eigenvalue weighted by molar-refractivity contribution is 14.1. The van der Waals surface area contributed by atoms with E-state index in [-0.39, 0.29) is 24.0 Å². The van der Waals surface area contributed by atoms with Crippen LogP contribution in [-0.2, 0) is 13.0 Å². The van der Waals surface area contributed by atoms with Crippen molar-refractivity contribution in [3.63, 3.8) is 0 Å². The molecule has 5 nitrogen and oxygen atoms in total. The zero-order chi connectivity index (χ0) is 16.7. The lowest BCUT2D eigenvalue weighted by Crippen LogP contribution is -2.38. The Morgan fingerprint density at radius 1 is 1.38 bits per heavy atom. The van der Waals surface area contributed by atoms with Gasteiger partial charge in [-0.3, -0.25) is 0 Å². The number of hydrogen-bond donors (Lipinski definition) is 2. The molecule has 0 saturated carbocycles. The van der Waals surface area contributed by atoms with Crippen LogP contribution in [0.25, 0.3) is 0 Å². The van der Waals surface area contributed by atoms with Crippen LogP contribution in [0.5, 0.6) is 0 Å². The molecule has 0 aliphatic carbocycles. The van der Waals surface area contributed by atoms with Crippen molar-refractivity contribution in [2.75, 3.05) is 13.1 Å². The van der Waals surface area contributed by atoms with Crippen molar-refractivity contribution in [2.45, 2.75) is 39.7 Å². The van der Waals surface area contributed by atoms with Gasteiger partial charge in [-0.15, -0.1) is 35.3 Å². The minimum absolute atomic E-state index is 0. The van der Waals surface area contributed by atoms with Gasteiger partial charge in [-0.2, -0.15) is 0 Å². The summed E-state index contributed by atoms with van der Waals surface area (Å²) in [6.45, 7) is 8.44. The van der Waals surface area contributed by atoms with Gasteiger partial charge < -0.3 is 15.2 Å². The molecule has 0 unspecified atom stereocenters. The van der Waals surface area contributed by atoms with Crippen LogP contribution >= 0.6 is 57.9 Å². The smallest absolute Gasteiger partial charge is 0.191 e. The lowest BCUT2D eigenvalue weighted by Gasteiger charge is -2.10. The second-order valence-electron chi connectivity index (χ2n) is 5.45. The Bertz CT molecular complexity index is 640. The third-order valence-corrected chi connectivity index (χ3v) is 5.15. The summed E-state index contributed by atoms with van der Waals surface area (Å²) in [5.41, 5.74) is 0.973. The van der Waals surface area contributed by atoms with Crippen molar-refractivity contribution in [1.29, 1.82) is 0 Å². The van der Waals surface area contributed by atoms with E-state index in [2.05, 4.69) is 76.3 Å². The Morgan fingerprint density at radius 3 is 2.75 bits per heavy atom.